The van der Waals surface area contributed by atoms with Crippen LogP contribution in [-0.4, -0.2) is 14.2 Å². The Bertz CT molecular complexity index is 947. The van der Waals surface area contributed by atoms with Crippen molar-refractivity contribution in [1.29, 1.82) is 0 Å². The van der Waals surface area contributed by atoms with Crippen LogP contribution in [0.2, 0.25) is 0 Å². The van der Waals surface area contributed by atoms with E-state index in [0.29, 0.717) is 28.2 Å². The van der Waals surface area contributed by atoms with Crippen molar-refractivity contribution in [3.63, 3.8) is 0 Å². The Morgan fingerprint density at radius 1 is 0.667 bits per heavy atom. The van der Waals surface area contributed by atoms with E-state index in [1.807, 2.05) is 0 Å². The number of hydrogen-bond acceptors (Lipinski definition) is 2. The summed E-state index contributed by atoms with van der Waals surface area (Å²) in [6, 6.07) is 13.9. The highest BCUT2D eigenvalue weighted by Crippen LogP contribution is 2.40. The molecule has 3 aromatic carbocycles. The Hall–Kier alpha value is -3.02. The maximum absolute atomic E-state index is 13.7. The second-order valence-electron chi connectivity index (χ2n) is 5.83. The lowest BCUT2D eigenvalue weighted by Crippen LogP contribution is -2.07. The van der Waals surface area contributed by atoms with Gasteiger partial charge in [0.1, 0.15) is 5.82 Å². The molecule has 0 spiro atoms. The molecule has 0 aliphatic heterocycles. The maximum atomic E-state index is 13.7. The second kappa shape index (κ2) is 7.31. The standard InChI is InChI=1S/C21H16F4O2/c1-26-19-10-6-15(12-20(19)27-2)14-5-9-17(18(11-14)21(23,24)25)13-3-7-16(22)8-4-13/h3-12H,1-2H3. The van der Waals surface area contributed by atoms with Crippen LogP contribution >= 0.6 is 0 Å². The fourth-order valence-electron chi connectivity index (χ4n) is 2.86. The van der Waals surface area contributed by atoms with Crippen molar-refractivity contribution in [3.05, 3.63) is 72.0 Å². The van der Waals surface area contributed by atoms with Gasteiger partial charge >= 0.3 is 6.18 Å². The normalized spacial score (nSPS) is 11.3. The van der Waals surface area contributed by atoms with Gasteiger partial charge in [0.2, 0.25) is 0 Å². The van der Waals surface area contributed by atoms with Crippen LogP contribution in [0.15, 0.2) is 60.7 Å². The van der Waals surface area contributed by atoms with E-state index in [0.717, 1.165) is 18.2 Å². The van der Waals surface area contributed by atoms with Crippen molar-refractivity contribution in [1.82, 2.24) is 0 Å². The highest BCUT2D eigenvalue weighted by molar-refractivity contribution is 5.75. The molecule has 0 aliphatic rings. The average molecular weight is 376 g/mol. The van der Waals surface area contributed by atoms with E-state index in [1.165, 1.54) is 32.4 Å². The lowest BCUT2D eigenvalue weighted by Gasteiger charge is -2.16. The molecule has 0 fully saturated rings. The van der Waals surface area contributed by atoms with E-state index in [4.69, 9.17) is 9.47 Å². The smallest absolute Gasteiger partial charge is 0.417 e. The Morgan fingerprint density at radius 3 is 1.81 bits per heavy atom. The van der Waals surface area contributed by atoms with Gasteiger partial charge in [-0.05, 0) is 52.6 Å². The molecule has 0 saturated carbocycles. The molecule has 6 heteroatoms. The number of methoxy groups -OCH3 is 2. The first-order valence-electron chi connectivity index (χ1n) is 8.03. The highest BCUT2D eigenvalue weighted by Gasteiger charge is 2.34. The molecule has 140 valence electrons. The number of hydrogen-bond donors (Lipinski definition) is 0. The topological polar surface area (TPSA) is 18.5 Å². The number of ether oxygens (including phenoxy) is 2. The molecule has 0 saturated heterocycles. The summed E-state index contributed by atoms with van der Waals surface area (Å²) in [6.07, 6.45) is -4.56. The van der Waals surface area contributed by atoms with Crippen molar-refractivity contribution in [2.45, 2.75) is 6.18 Å². The zero-order valence-corrected chi connectivity index (χ0v) is 14.6. The SMILES string of the molecule is COc1ccc(-c2ccc(-c3ccc(F)cc3)c(C(F)(F)F)c2)cc1OC. The quantitative estimate of drug-likeness (QED) is 0.505. The van der Waals surface area contributed by atoms with Crippen molar-refractivity contribution in [2.24, 2.45) is 0 Å². The molecular weight excluding hydrogens is 360 g/mol. The van der Waals surface area contributed by atoms with Crippen molar-refractivity contribution < 1.29 is 27.0 Å². The minimum atomic E-state index is -4.56. The van der Waals surface area contributed by atoms with Gasteiger partial charge in [-0.15, -0.1) is 0 Å². The van der Waals surface area contributed by atoms with Crippen molar-refractivity contribution in [2.75, 3.05) is 14.2 Å². The number of halogens is 4. The number of alkyl halides is 3. The molecule has 0 atom stereocenters. The van der Waals surface area contributed by atoms with Gasteiger partial charge in [-0.2, -0.15) is 13.2 Å². The van der Waals surface area contributed by atoms with Crippen LogP contribution in [0.4, 0.5) is 17.6 Å². The van der Waals surface area contributed by atoms with Gasteiger partial charge < -0.3 is 9.47 Å². The van der Waals surface area contributed by atoms with Crippen LogP contribution in [0.5, 0.6) is 11.5 Å². The molecule has 0 bridgehead atoms. The second-order valence-corrected chi connectivity index (χ2v) is 5.83. The van der Waals surface area contributed by atoms with Crippen LogP contribution < -0.4 is 9.47 Å². The van der Waals surface area contributed by atoms with E-state index in [-0.39, 0.29) is 5.56 Å². The molecule has 0 aliphatic carbocycles. The third-order valence-corrected chi connectivity index (χ3v) is 4.20. The van der Waals surface area contributed by atoms with Gasteiger partial charge in [0.05, 0.1) is 19.8 Å². The fraction of sp³-hybridized carbons (Fsp3) is 0.143. The molecule has 0 unspecified atom stereocenters. The predicted molar refractivity (Wildman–Crippen MR) is 95.4 cm³/mol. The first kappa shape index (κ1) is 18.8. The van der Waals surface area contributed by atoms with Gasteiger partial charge in [0.25, 0.3) is 0 Å². The summed E-state index contributed by atoms with van der Waals surface area (Å²) in [7, 11) is 2.94. The van der Waals surface area contributed by atoms with E-state index >= 15 is 0 Å². The molecule has 0 amide bonds. The molecule has 0 N–H and O–H groups in total. The van der Waals surface area contributed by atoms with E-state index in [1.54, 1.807) is 24.3 Å². The van der Waals surface area contributed by atoms with Crippen LogP contribution in [0.3, 0.4) is 0 Å². The van der Waals surface area contributed by atoms with Gasteiger partial charge in [0, 0.05) is 0 Å². The molecule has 0 aromatic heterocycles. The van der Waals surface area contributed by atoms with Crippen molar-refractivity contribution >= 4 is 0 Å². The van der Waals surface area contributed by atoms with Gasteiger partial charge in [-0.25, -0.2) is 4.39 Å². The summed E-state index contributed by atoms with van der Waals surface area (Å²) in [5, 5.41) is 0. The molecule has 2 nitrogen and oxygen atoms in total. The van der Waals surface area contributed by atoms with Crippen LogP contribution in [0.25, 0.3) is 22.3 Å². The van der Waals surface area contributed by atoms with Crippen molar-refractivity contribution in [3.8, 4) is 33.8 Å². The summed E-state index contributed by atoms with van der Waals surface area (Å²) < 4.78 is 64.4. The van der Waals surface area contributed by atoms with Gasteiger partial charge in [0.15, 0.2) is 11.5 Å². The first-order valence-corrected chi connectivity index (χ1v) is 8.03. The summed E-state index contributed by atoms with van der Waals surface area (Å²) in [5.74, 6) is 0.403. The zero-order chi connectivity index (χ0) is 19.6. The Morgan fingerprint density at radius 2 is 1.22 bits per heavy atom. The largest absolute Gasteiger partial charge is 0.493 e. The Balaban J connectivity index is 2.13. The Labute approximate surface area is 154 Å². The summed E-state index contributed by atoms with van der Waals surface area (Å²) >= 11 is 0. The molecule has 3 rings (SSSR count). The third kappa shape index (κ3) is 3.89. The summed E-state index contributed by atoms with van der Waals surface area (Å²) in [4.78, 5) is 0. The number of rotatable bonds is 4. The fourth-order valence-corrected chi connectivity index (χ4v) is 2.86. The highest BCUT2D eigenvalue weighted by atomic mass is 19.4. The van der Waals surface area contributed by atoms with Crippen LogP contribution in [0.1, 0.15) is 5.56 Å². The predicted octanol–water partition coefficient (Wildman–Crippen LogP) is 6.20. The summed E-state index contributed by atoms with van der Waals surface area (Å²) in [5.41, 5.74) is 0.439. The molecule has 3 aromatic rings. The van der Waals surface area contributed by atoms with E-state index in [2.05, 4.69) is 0 Å². The lowest BCUT2D eigenvalue weighted by atomic mass is 9.94. The van der Waals surface area contributed by atoms with Crippen LogP contribution in [-0.2, 0) is 6.18 Å². The third-order valence-electron chi connectivity index (χ3n) is 4.20. The molecular formula is C21H16F4O2. The first-order chi connectivity index (χ1) is 12.8. The monoisotopic (exact) mass is 376 g/mol. The molecule has 0 heterocycles. The van der Waals surface area contributed by atoms with Crippen LogP contribution in [0, 0.1) is 5.82 Å². The van der Waals surface area contributed by atoms with E-state index in [9.17, 15) is 17.6 Å². The number of benzene rings is 3. The van der Waals surface area contributed by atoms with Gasteiger partial charge in [-0.3, -0.25) is 0 Å². The molecule has 27 heavy (non-hydrogen) atoms. The minimum Gasteiger partial charge on any atom is -0.493 e. The van der Waals surface area contributed by atoms with Gasteiger partial charge in [-0.1, -0.05) is 30.3 Å². The average Bonchev–Trinajstić information content (AvgIpc) is 2.67. The Kier molecular flexibility index (Phi) is 5.08. The maximum Gasteiger partial charge on any atom is 0.417 e. The minimum absolute atomic E-state index is 0.00766. The zero-order valence-electron chi connectivity index (χ0n) is 14.6. The summed E-state index contributed by atoms with van der Waals surface area (Å²) in [6.45, 7) is 0. The molecule has 0 radical (unpaired) electrons. The van der Waals surface area contributed by atoms with E-state index < -0.39 is 17.6 Å². The lowest BCUT2D eigenvalue weighted by molar-refractivity contribution is -0.137.